The summed E-state index contributed by atoms with van der Waals surface area (Å²) in [6.07, 6.45) is 1.94. The molecule has 18 heavy (non-hydrogen) atoms. The maximum Gasteiger partial charge on any atom is 0.0670 e. The van der Waals surface area contributed by atoms with Gasteiger partial charge in [0.1, 0.15) is 0 Å². The van der Waals surface area contributed by atoms with Gasteiger partial charge in [-0.15, -0.1) is 0 Å². The van der Waals surface area contributed by atoms with Crippen molar-refractivity contribution < 1.29 is 4.74 Å². The molecule has 2 rings (SSSR count). The fourth-order valence-corrected chi connectivity index (χ4v) is 2.58. The van der Waals surface area contributed by atoms with Gasteiger partial charge in [-0.25, -0.2) is 0 Å². The van der Waals surface area contributed by atoms with Gasteiger partial charge < -0.3 is 15.4 Å². The molecule has 1 aromatic carbocycles. The molecule has 1 aliphatic heterocycles. The minimum Gasteiger partial charge on any atom is -0.379 e. The molecule has 4 heteroatoms. The molecule has 1 heterocycles. The van der Waals surface area contributed by atoms with Crippen LogP contribution < -0.4 is 10.6 Å². The number of likely N-dealkylation sites (N-methyl/N-ethyl adjacent to an activating group) is 1. The first-order valence-electron chi connectivity index (χ1n) is 6.42. The lowest BCUT2D eigenvalue weighted by atomic mass is 10.0. The molecule has 0 aliphatic carbocycles. The fraction of sp³-hybridized carbons (Fsp3) is 0.571. The molecular weight excluding hydrogens is 248 g/mol. The van der Waals surface area contributed by atoms with Gasteiger partial charge in [0.25, 0.3) is 0 Å². The quantitative estimate of drug-likeness (QED) is 0.912. The molecule has 100 valence electrons. The van der Waals surface area contributed by atoms with Crippen LogP contribution in [0.15, 0.2) is 18.2 Å². The highest BCUT2D eigenvalue weighted by atomic mass is 35.5. The monoisotopic (exact) mass is 268 g/mol. The van der Waals surface area contributed by atoms with E-state index in [2.05, 4.69) is 18.0 Å². The summed E-state index contributed by atoms with van der Waals surface area (Å²) >= 11 is 6.11. The third-order valence-corrected chi connectivity index (χ3v) is 3.66. The summed E-state index contributed by atoms with van der Waals surface area (Å²) in [6, 6.07) is 6.63. The van der Waals surface area contributed by atoms with Crippen molar-refractivity contribution in [1.82, 2.24) is 0 Å². The van der Waals surface area contributed by atoms with Gasteiger partial charge in [0.05, 0.1) is 12.6 Å². The summed E-state index contributed by atoms with van der Waals surface area (Å²) in [5.74, 6) is 0. The Morgan fingerprint density at radius 3 is 2.94 bits per heavy atom. The number of nitrogens with zero attached hydrogens (tertiary/aromatic N) is 1. The molecule has 0 radical (unpaired) electrons. The number of hydrogen-bond donors (Lipinski definition) is 1. The second-order valence-corrected chi connectivity index (χ2v) is 5.52. The first-order valence-corrected chi connectivity index (χ1v) is 6.80. The summed E-state index contributed by atoms with van der Waals surface area (Å²) < 4.78 is 5.45. The molecule has 0 spiro atoms. The zero-order valence-corrected chi connectivity index (χ0v) is 11.8. The molecule has 1 aliphatic rings. The van der Waals surface area contributed by atoms with E-state index < -0.39 is 0 Å². The minimum absolute atomic E-state index is 0.151. The van der Waals surface area contributed by atoms with Crippen molar-refractivity contribution in [1.29, 1.82) is 0 Å². The number of rotatable bonds is 4. The second-order valence-electron chi connectivity index (χ2n) is 5.08. The van der Waals surface area contributed by atoms with Crippen LogP contribution in [0.25, 0.3) is 0 Å². The van der Waals surface area contributed by atoms with E-state index in [9.17, 15) is 0 Å². The molecule has 1 aromatic rings. The van der Waals surface area contributed by atoms with E-state index in [1.807, 2.05) is 19.1 Å². The van der Waals surface area contributed by atoms with Crippen molar-refractivity contribution in [3.8, 4) is 0 Å². The van der Waals surface area contributed by atoms with Crippen molar-refractivity contribution in [2.75, 3.05) is 25.2 Å². The predicted octanol–water partition coefficient (Wildman–Crippen LogP) is 2.45. The van der Waals surface area contributed by atoms with Gasteiger partial charge in [0.2, 0.25) is 0 Å². The molecule has 2 unspecified atom stereocenters. The Hall–Kier alpha value is -0.770. The first-order chi connectivity index (χ1) is 8.58. The molecule has 2 N–H and O–H groups in total. The molecule has 0 bridgehead atoms. The molecule has 0 amide bonds. The number of hydrogen-bond acceptors (Lipinski definition) is 3. The molecule has 0 aromatic heterocycles. The maximum atomic E-state index is 6.11. The first kappa shape index (κ1) is 13.7. The Morgan fingerprint density at radius 1 is 1.56 bits per heavy atom. The van der Waals surface area contributed by atoms with Crippen LogP contribution >= 0.6 is 11.6 Å². The van der Waals surface area contributed by atoms with Crippen molar-refractivity contribution in [2.45, 2.75) is 31.8 Å². The van der Waals surface area contributed by atoms with Gasteiger partial charge in [-0.2, -0.15) is 0 Å². The van der Waals surface area contributed by atoms with Crippen molar-refractivity contribution in [3.63, 3.8) is 0 Å². The number of anilines is 1. The Labute approximate surface area is 114 Å². The van der Waals surface area contributed by atoms with E-state index in [-0.39, 0.29) is 6.04 Å². The normalized spacial score (nSPS) is 21.0. The van der Waals surface area contributed by atoms with Gasteiger partial charge >= 0.3 is 0 Å². The zero-order valence-electron chi connectivity index (χ0n) is 11.0. The van der Waals surface area contributed by atoms with Gasteiger partial charge in [0, 0.05) is 30.4 Å². The summed E-state index contributed by atoms with van der Waals surface area (Å²) in [7, 11) is 2.11. The lowest BCUT2D eigenvalue weighted by Crippen LogP contribution is -2.33. The average molecular weight is 269 g/mol. The highest BCUT2D eigenvalue weighted by Crippen LogP contribution is 2.28. The summed E-state index contributed by atoms with van der Waals surface area (Å²) in [4.78, 5) is 2.27. The molecule has 1 fully saturated rings. The van der Waals surface area contributed by atoms with Gasteiger partial charge in [0.15, 0.2) is 0 Å². The highest BCUT2D eigenvalue weighted by molar-refractivity contribution is 6.30. The third-order valence-electron chi connectivity index (χ3n) is 3.42. The van der Waals surface area contributed by atoms with Crippen LogP contribution in [0.1, 0.15) is 18.9 Å². The van der Waals surface area contributed by atoms with E-state index in [0.29, 0.717) is 6.04 Å². The van der Waals surface area contributed by atoms with Crippen molar-refractivity contribution in [2.24, 2.45) is 5.73 Å². The molecule has 3 nitrogen and oxygen atoms in total. The van der Waals surface area contributed by atoms with Crippen LogP contribution in [0.2, 0.25) is 5.02 Å². The number of halogens is 1. The number of nitrogens with two attached hydrogens (primary N) is 1. The van der Waals surface area contributed by atoms with Crippen LogP contribution in [-0.4, -0.2) is 32.3 Å². The van der Waals surface area contributed by atoms with Crippen molar-refractivity contribution in [3.05, 3.63) is 28.8 Å². The van der Waals surface area contributed by atoms with Gasteiger partial charge in [-0.05, 0) is 37.5 Å². The Morgan fingerprint density at radius 2 is 2.33 bits per heavy atom. The zero-order chi connectivity index (χ0) is 13.1. The van der Waals surface area contributed by atoms with Crippen LogP contribution in [-0.2, 0) is 11.2 Å². The third kappa shape index (κ3) is 3.16. The van der Waals surface area contributed by atoms with Gasteiger partial charge in [-0.3, -0.25) is 0 Å². The molecule has 1 saturated heterocycles. The predicted molar refractivity (Wildman–Crippen MR) is 76.4 cm³/mol. The largest absolute Gasteiger partial charge is 0.379 e. The maximum absolute atomic E-state index is 6.11. The Kier molecular flexibility index (Phi) is 4.49. The van der Waals surface area contributed by atoms with E-state index >= 15 is 0 Å². The SMILES string of the molecule is CC(N)Cc1ccc(Cl)cc1N(C)C1CCOC1. The van der Waals surface area contributed by atoms with Crippen LogP contribution in [0.4, 0.5) is 5.69 Å². The van der Waals surface area contributed by atoms with Crippen LogP contribution in [0.3, 0.4) is 0 Å². The van der Waals surface area contributed by atoms with Crippen molar-refractivity contribution >= 4 is 17.3 Å². The molecule has 0 saturated carbocycles. The molecule has 2 atom stereocenters. The standard InChI is InChI=1S/C14H21ClN2O/c1-10(16)7-11-3-4-12(15)8-14(11)17(2)13-5-6-18-9-13/h3-4,8,10,13H,5-7,9,16H2,1-2H3. The lowest BCUT2D eigenvalue weighted by Gasteiger charge is -2.28. The topological polar surface area (TPSA) is 38.5 Å². The number of ether oxygens (including phenoxy) is 1. The fourth-order valence-electron chi connectivity index (χ4n) is 2.41. The average Bonchev–Trinajstić information content (AvgIpc) is 2.83. The van der Waals surface area contributed by atoms with Crippen LogP contribution in [0, 0.1) is 0 Å². The second kappa shape index (κ2) is 5.91. The Balaban J connectivity index is 2.25. The van der Waals surface area contributed by atoms with E-state index in [0.717, 1.165) is 31.1 Å². The smallest absolute Gasteiger partial charge is 0.0670 e. The highest BCUT2D eigenvalue weighted by Gasteiger charge is 2.22. The van der Waals surface area contributed by atoms with Crippen LogP contribution in [0.5, 0.6) is 0 Å². The lowest BCUT2D eigenvalue weighted by molar-refractivity contribution is 0.193. The summed E-state index contributed by atoms with van der Waals surface area (Å²) in [5, 5.41) is 0.768. The van der Waals surface area contributed by atoms with E-state index in [1.165, 1.54) is 11.3 Å². The Bertz CT molecular complexity index is 403. The summed E-state index contributed by atoms with van der Waals surface area (Å²) in [5.41, 5.74) is 8.34. The van der Waals surface area contributed by atoms with E-state index in [1.54, 1.807) is 0 Å². The van der Waals surface area contributed by atoms with Gasteiger partial charge in [-0.1, -0.05) is 17.7 Å². The minimum atomic E-state index is 0.151. The molecular formula is C14H21ClN2O. The number of benzene rings is 1. The van der Waals surface area contributed by atoms with E-state index in [4.69, 9.17) is 22.1 Å². The summed E-state index contributed by atoms with van der Waals surface area (Å²) in [6.45, 7) is 3.66.